The third-order valence-corrected chi connectivity index (χ3v) is 3.31. The van der Waals surface area contributed by atoms with Gasteiger partial charge in [-0.05, 0) is 12.1 Å². The lowest BCUT2D eigenvalue weighted by Gasteiger charge is -2.00. The number of nitrogen functional groups attached to an aromatic ring is 1. The molecule has 1 aromatic heterocycles. The number of benzene rings is 1. The van der Waals surface area contributed by atoms with E-state index in [2.05, 4.69) is 6.58 Å². The number of rotatable bonds is 2. The van der Waals surface area contributed by atoms with E-state index in [1.165, 1.54) is 17.4 Å². The number of nitrogens with two attached hydrogens (primary N) is 2. The first-order valence-electron chi connectivity index (χ1n) is 4.51. The van der Waals surface area contributed by atoms with E-state index in [0.717, 1.165) is 4.70 Å². The number of fused-ring (bicyclic) bond motifs is 1. The number of carbonyl (C=O) groups is 1. The van der Waals surface area contributed by atoms with Crippen molar-refractivity contribution in [3.63, 3.8) is 0 Å². The second-order valence-electron chi connectivity index (χ2n) is 3.32. The van der Waals surface area contributed by atoms with E-state index in [0.29, 0.717) is 21.5 Å². The molecule has 4 nitrogen and oxygen atoms in total. The summed E-state index contributed by atoms with van der Waals surface area (Å²) in [6.45, 7) is 3.58. The minimum atomic E-state index is -0.565. The van der Waals surface area contributed by atoms with Crippen molar-refractivity contribution < 1.29 is 9.90 Å². The van der Waals surface area contributed by atoms with Gasteiger partial charge in [0.1, 0.15) is 5.75 Å². The van der Waals surface area contributed by atoms with Crippen molar-refractivity contribution in [3.8, 4) is 5.75 Å². The summed E-state index contributed by atoms with van der Waals surface area (Å²) in [5.41, 5.74) is 11.8. The molecular weight excluding hydrogens is 224 g/mol. The zero-order chi connectivity index (χ0) is 11.9. The van der Waals surface area contributed by atoms with Crippen molar-refractivity contribution in [2.75, 3.05) is 5.73 Å². The van der Waals surface area contributed by atoms with Gasteiger partial charge in [-0.2, -0.15) is 0 Å². The van der Waals surface area contributed by atoms with Crippen LogP contribution in [-0.4, -0.2) is 11.0 Å². The minimum absolute atomic E-state index is 0.111. The standard InChI is InChI=1S/C11H10N2O2S/c1-2-5-3-6-8(4-7(5)14)16-11(13)9(6)10(12)15/h2-4,14H,1,13H2,(H2,12,15). The summed E-state index contributed by atoms with van der Waals surface area (Å²) < 4.78 is 0.731. The fourth-order valence-corrected chi connectivity index (χ4v) is 2.58. The maximum Gasteiger partial charge on any atom is 0.252 e. The molecule has 2 rings (SSSR count). The van der Waals surface area contributed by atoms with Gasteiger partial charge < -0.3 is 16.6 Å². The number of amides is 1. The van der Waals surface area contributed by atoms with Crippen LogP contribution in [0, 0.1) is 0 Å². The number of hydrogen-bond donors (Lipinski definition) is 3. The third kappa shape index (κ3) is 1.42. The zero-order valence-corrected chi connectivity index (χ0v) is 9.17. The number of primary amides is 1. The Bertz CT molecular complexity index is 602. The molecule has 0 spiro atoms. The summed E-state index contributed by atoms with van der Waals surface area (Å²) in [5.74, 6) is -0.454. The van der Waals surface area contributed by atoms with Crippen LogP contribution in [0.25, 0.3) is 16.2 Å². The molecule has 0 bridgehead atoms. The van der Waals surface area contributed by atoms with Gasteiger partial charge in [-0.25, -0.2) is 0 Å². The van der Waals surface area contributed by atoms with E-state index in [1.807, 2.05) is 0 Å². The number of hydrogen-bond acceptors (Lipinski definition) is 4. The molecule has 0 radical (unpaired) electrons. The quantitative estimate of drug-likeness (QED) is 0.741. The normalized spacial score (nSPS) is 10.5. The molecule has 0 atom stereocenters. The maximum atomic E-state index is 11.2. The number of thiophene rings is 1. The van der Waals surface area contributed by atoms with Crippen LogP contribution in [0.15, 0.2) is 18.7 Å². The monoisotopic (exact) mass is 234 g/mol. The number of phenolic OH excluding ortho intramolecular Hbond substituents is 1. The highest BCUT2D eigenvalue weighted by atomic mass is 32.1. The van der Waals surface area contributed by atoms with Gasteiger partial charge >= 0.3 is 0 Å². The Balaban J connectivity index is 2.87. The van der Waals surface area contributed by atoms with Crippen LogP contribution < -0.4 is 11.5 Å². The second kappa shape index (κ2) is 3.53. The van der Waals surface area contributed by atoms with Crippen LogP contribution in [0.2, 0.25) is 0 Å². The van der Waals surface area contributed by atoms with Gasteiger partial charge in [0.15, 0.2) is 0 Å². The molecule has 16 heavy (non-hydrogen) atoms. The summed E-state index contributed by atoms with van der Waals surface area (Å²) in [6, 6.07) is 3.21. The first-order valence-corrected chi connectivity index (χ1v) is 5.33. The smallest absolute Gasteiger partial charge is 0.252 e. The van der Waals surface area contributed by atoms with Gasteiger partial charge in [0.25, 0.3) is 5.91 Å². The van der Waals surface area contributed by atoms with Crippen LogP contribution in [-0.2, 0) is 0 Å². The first-order chi connectivity index (χ1) is 7.54. The van der Waals surface area contributed by atoms with Crippen molar-refractivity contribution in [2.45, 2.75) is 0 Å². The zero-order valence-electron chi connectivity index (χ0n) is 8.36. The molecule has 1 aromatic carbocycles. The van der Waals surface area contributed by atoms with Gasteiger partial charge in [-0.15, -0.1) is 11.3 Å². The van der Waals surface area contributed by atoms with Gasteiger partial charge in [0.2, 0.25) is 0 Å². The molecule has 5 heteroatoms. The molecule has 0 saturated heterocycles. The van der Waals surface area contributed by atoms with Crippen molar-refractivity contribution in [1.29, 1.82) is 0 Å². The number of carbonyl (C=O) groups excluding carboxylic acids is 1. The van der Waals surface area contributed by atoms with E-state index in [1.54, 1.807) is 12.1 Å². The van der Waals surface area contributed by atoms with Crippen LogP contribution in [0.5, 0.6) is 5.75 Å². The highest BCUT2D eigenvalue weighted by Crippen LogP contribution is 2.37. The number of anilines is 1. The Morgan fingerprint density at radius 2 is 2.19 bits per heavy atom. The van der Waals surface area contributed by atoms with E-state index in [4.69, 9.17) is 11.5 Å². The average Bonchev–Trinajstić information content (AvgIpc) is 2.51. The molecule has 1 amide bonds. The Hall–Kier alpha value is -2.01. The van der Waals surface area contributed by atoms with Gasteiger partial charge in [0.05, 0.1) is 10.6 Å². The lowest BCUT2D eigenvalue weighted by Crippen LogP contribution is -2.11. The summed E-state index contributed by atoms with van der Waals surface area (Å²) in [6.07, 6.45) is 1.51. The fraction of sp³-hybridized carbons (Fsp3) is 0. The maximum absolute atomic E-state index is 11.2. The third-order valence-electron chi connectivity index (χ3n) is 2.33. The van der Waals surface area contributed by atoms with Crippen LogP contribution in [0.4, 0.5) is 5.00 Å². The van der Waals surface area contributed by atoms with E-state index < -0.39 is 5.91 Å². The van der Waals surface area contributed by atoms with Gasteiger partial charge in [-0.3, -0.25) is 4.79 Å². The second-order valence-corrected chi connectivity index (χ2v) is 4.40. The Morgan fingerprint density at radius 3 is 2.75 bits per heavy atom. The van der Waals surface area contributed by atoms with E-state index in [-0.39, 0.29) is 5.75 Å². The molecule has 0 aliphatic rings. The first kappa shape index (κ1) is 10.5. The number of aromatic hydroxyl groups is 1. The van der Waals surface area contributed by atoms with E-state index >= 15 is 0 Å². The topological polar surface area (TPSA) is 89.3 Å². The summed E-state index contributed by atoms with van der Waals surface area (Å²) in [5, 5.41) is 10.6. The van der Waals surface area contributed by atoms with Crippen LogP contribution in [0.3, 0.4) is 0 Å². The predicted molar refractivity (Wildman–Crippen MR) is 66.5 cm³/mol. The largest absolute Gasteiger partial charge is 0.507 e. The Kier molecular flexibility index (Phi) is 2.32. The van der Waals surface area contributed by atoms with Crippen LogP contribution >= 0.6 is 11.3 Å². The molecule has 0 unspecified atom stereocenters. The fourth-order valence-electron chi connectivity index (χ4n) is 1.59. The molecule has 5 N–H and O–H groups in total. The predicted octanol–water partition coefficient (Wildman–Crippen LogP) is 1.93. The molecule has 0 aliphatic carbocycles. The minimum Gasteiger partial charge on any atom is -0.507 e. The van der Waals surface area contributed by atoms with Gasteiger partial charge in [0, 0.05) is 15.6 Å². The van der Waals surface area contributed by atoms with Crippen molar-refractivity contribution in [3.05, 3.63) is 29.8 Å². The lowest BCUT2D eigenvalue weighted by atomic mass is 10.1. The molecule has 0 fully saturated rings. The highest BCUT2D eigenvalue weighted by Gasteiger charge is 2.16. The summed E-state index contributed by atoms with van der Waals surface area (Å²) >= 11 is 1.22. The van der Waals surface area contributed by atoms with Crippen molar-refractivity contribution >= 4 is 38.4 Å². The lowest BCUT2D eigenvalue weighted by molar-refractivity contribution is 0.100. The molecule has 0 saturated carbocycles. The average molecular weight is 234 g/mol. The van der Waals surface area contributed by atoms with E-state index in [9.17, 15) is 9.90 Å². The van der Waals surface area contributed by atoms with Crippen molar-refractivity contribution in [2.24, 2.45) is 5.73 Å². The molecule has 2 aromatic rings. The van der Waals surface area contributed by atoms with Crippen LogP contribution in [0.1, 0.15) is 15.9 Å². The summed E-state index contributed by atoms with van der Waals surface area (Å²) in [7, 11) is 0. The Labute approximate surface area is 95.8 Å². The molecule has 1 heterocycles. The van der Waals surface area contributed by atoms with Gasteiger partial charge in [-0.1, -0.05) is 12.7 Å². The molecular formula is C11H10N2O2S. The molecule has 0 aliphatic heterocycles. The SMILES string of the molecule is C=Cc1cc2c(C(N)=O)c(N)sc2cc1O. The van der Waals surface area contributed by atoms with Crippen molar-refractivity contribution in [1.82, 2.24) is 0 Å². The summed E-state index contributed by atoms with van der Waals surface area (Å²) in [4.78, 5) is 11.2. The number of phenols is 1. The highest BCUT2D eigenvalue weighted by molar-refractivity contribution is 7.23. The molecule has 82 valence electrons. The Morgan fingerprint density at radius 1 is 1.50 bits per heavy atom.